The van der Waals surface area contributed by atoms with Crippen LogP contribution >= 0.6 is 0 Å². The van der Waals surface area contributed by atoms with E-state index in [4.69, 9.17) is 9.15 Å². The van der Waals surface area contributed by atoms with Crippen molar-refractivity contribution in [3.63, 3.8) is 0 Å². The summed E-state index contributed by atoms with van der Waals surface area (Å²) < 4.78 is 13.8. The molecule has 1 fully saturated rings. The van der Waals surface area contributed by atoms with Gasteiger partial charge in [-0.1, -0.05) is 13.8 Å². The molecule has 1 saturated heterocycles. The zero-order valence-electron chi connectivity index (χ0n) is 14.8. The molecule has 2 aromatic heterocycles. The van der Waals surface area contributed by atoms with E-state index in [-0.39, 0.29) is 11.5 Å². The van der Waals surface area contributed by atoms with Crippen LogP contribution in [0.1, 0.15) is 62.4 Å². The van der Waals surface area contributed by atoms with Gasteiger partial charge in [-0.15, -0.1) is 0 Å². The summed E-state index contributed by atoms with van der Waals surface area (Å²) in [5.74, 6) is 2.17. The number of aryl methyl sites for hydroxylation is 1. The van der Waals surface area contributed by atoms with E-state index >= 15 is 0 Å². The molecule has 1 aliphatic carbocycles. The molecule has 0 spiro atoms. The van der Waals surface area contributed by atoms with Crippen molar-refractivity contribution >= 4 is 0 Å². The van der Waals surface area contributed by atoms with Crippen LogP contribution in [0.15, 0.2) is 29.1 Å². The van der Waals surface area contributed by atoms with Gasteiger partial charge in [0.15, 0.2) is 0 Å². The maximum absolute atomic E-state index is 5.98. The molecule has 2 aromatic rings. The van der Waals surface area contributed by atoms with Crippen LogP contribution in [-0.2, 0) is 18.2 Å². The molecule has 5 heteroatoms. The highest BCUT2D eigenvalue weighted by Crippen LogP contribution is 2.42. The van der Waals surface area contributed by atoms with Gasteiger partial charge in [0.25, 0.3) is 0 Å². The number of imidazole rings is 1. The summed E-state index contributed by atoms with van der Waals surface area (Å²) in [7, 11) is 2.03. The number of hydrogen-bond acceptors (Lipinski definition) is 4. The Morgan fingerprint density at radius 2 is 2.25 bits per heavy atom. The van der Waals surface area contributed by atoms with Gasteiger partial charge in [0.2, 0.25) is 0 Å². The lowest BCUT2D eigenvalue weighted by Gasteiger charge is -2.38. The molecule has 130 valence electrons. The summed E-state index contributed by atoms with van der Waals surface area (Å²) in [6.07, 6.45) is 9.92. The predicted octanol–water partition coefficient (Wildman–Crippen LogP) is 3.54. The van der Waals surface area contributed by atoms with Crippen LogP contribution in [0.2, 0.25) is 0 Å². The third-order valence-electron chi connectivity index (χ3n) is 5.42. The van der Waals surface area contributed by atoms with Gasteiger partial charge in [-0.2, -0.15) is 0 Å². The highest BCUT2D eigenvalue weighted by Gasteiger charge is 2.36. The second-order valence-corrected chi connectivity index (χ2v) is 8.04. The standard InChI is InChI=1S/C19H27N3O2/c1-19(2)11-15(14-5-9-24-17(14)12-19)21-13-4-8-23-16(10-13)18-20-6-7-22(18)3/h5-7,9,13,15-16,21H,4,8,10-12H2,1-3H3. The van der Waals surface area contributed by atoms with E-state index in [1.807, 2.05) is 25.7 Å². The molecule has 1 N–H and O–H groups in total. The highest BCUT2D eigenvalue weighted by atomic mass is 16.5. The van der Waals surface area contributed by atoms with Crippen molar-refractivity contribution in [3.05, 3.63) is 41.9 Å². The normalized spacial score (nSPS) is 29.4. The number of aromatic nitrogens is 2. The fourth-order valence-electron chi connectivity index (χ4n) is 4.22. The lowest BCUT2D eigenvalue weighted by atomic mass is 9.74. The topological polar surface area (TPSA) is 52.2 Å². The van der Waals surface area contributed by atoms with Gasteiger partial charge in [0.05, 0.1) is 6.26 Å². The molecule has 0 aromatic carbocycles. The molecule has 5 nitrogen and oxygen atoms in total. The van der Waals surface area contributed by atoms with Crippen molar-refractivity contribution in [2.75, 3.05) is 6.61 Å². The monoisotopic (exact) mass is 329 g/mol. The van der Waals surface area contributed by atoms with Gasteiger partial charge in [-0.05, 0) is 30.7 Å². The Morgan fingerprint density at radius 1 is 1.38 bits per heavy atom. The summed E-state index contributed by atoms with van der Waals surface area (Å²) >= 11 is 0. The van der Waals surface area contributed by atoms with Crippen molar-refractivity contribution in [1.29, 1.82) is 0 Å². The van der Waals surface area contributed by atoms with Crippen molar-refractivity contribution in [2.45, 2.75) is 57.7 Å². The lowest BCUT2D eigenvalue weighted by Crippen LogP contribution is -2.42. The van der Waals surface area contributed by atoms with E-state index in [2.05, 4.69) is 34.8 Å². The minimum atomic E-state index is 0.0803. The molecule has 24 heavy (non-hydrogen) atoms. The molecule has 2 aliphatic rings. The Morgan fingerprint density at radius 3 is 3.04 bits per heavy atom. The number of fused-ring (bicyclic) bond motifs is 1. The molecule has 0 bridgehead atoms. The zero-order valence-corrected chi connectivity index (χ0v) is 14.8. The molecule has 3 atom stereocenters. The minimum Gasteiger partial charge on any atom is -0.469 e. The number of ether oxygens (including phenoxy) is 1. The lowest BCUT2D eigenvalue weighted by molar-refractivity contribution is -0.00955. The van der Waals surface area contributed by atoms with Gasteiger partial charge >= 0.3 is 0 Å². The molecule has 0 amide bonds. The van der Waals surface area contributed by atoms with Crippen molar-refractivity contribution < 1.29 is 9.15 Å². The van der Waals surface area contributed by atoms with Gasteiger partial charge < -0.3 is 19.0 Å². The average Bonchev–Trinajstić information content (AvgIpc) is 3.15. The Hall–Kier alpha value is -1.59. The number of hydrogen-bond donors (Lipinski definition) is 1. The Bertz CT molecular complexity index is 703. The van der Waals surface area contributed by atoms with Crippen LogP contribution < -0.4 is 5.32 Å². The molecular weight excluding hydrogens is 302 g/mol. The van der Waals surface area contributed by atoms with E-state index in [1.54, 1.807) is 0 Å². The fraction of sp³-hybridized carbons (Fsp3) is 0.632. The van der Waals surface area contributed by atoms with E-state index in [0.29, 0.717) is 12.1 Å². The van der Waals surface area contributed by atoms with Gasteiger partial charge in [0.1, 0.15) is 17.7 Å². The Labute approximate surface area is 143 Å². The van der Waals surface area contributed by atoms with Crippen LogP contribution in [0.3, 0.4) is 0 Å². The zero-order chi connectivity index (χ0) is 16.7. The molecule has 3 unspecified atom stereocenters. The first-order valence-electron chi connectivity index (χ1n) is 8.93. The molecule has 1 aliphatic heterocycles. The summed E-state index contributed by atoms with van der Waals surface area (Å²) in [4.78, 5) is 4.47. The first-order valence-corrected chi connectivity index (χ1v) is 8.93. The van der Waals surface area contributed by atoms with E-state index in [9.17, 15) is 0 Å². The number of nitrogens with one attached hydrogen (secondary N) is 1. The van der Waals surface area contributed by atoms with Gasteiger partial charge in [-0.25, -0.2) is 4.98 Å². The van der Waals surface area contributed by atoms with Crippen LogP contribution in [0.5, 0.6) is 0 Å². The highest BCUT2D eigenvalue weighted by molar-refractivity contribution is 5.26. The van der Waals surface area contributed by atoms with E-state index < -0.39 is 0 Å². The second kappa shape index (κ2) is 6.05. The van der Waals surface area contributed by atoms with Crippen molar-refractivity contribution in [1.82, 2.24) is 14.9 Å². The molecule has 4 rings (SSSR count). The fourth-order valence-corrected chi connectivity index (χ4v) is 4.22. The summed E-state index contributed by atoms with van der Waals surface area (Å²) in [5.41, 5.74) is 1.61. The molecular formula is C19H27N3O2. The smallest absolute Gasteiger partial charge is 0.137 e. The predicted molar refractivity (Wildman–Crippen MR) is 91.6 cm³/mol. The second-order valence-electron chi connectivity index (χ2n) is 8.04. The number of rotatable bonds is 3. The van der Waals surface area contributed by atoms with Crippen LogP contribution in [0.4, 0.5) is 0 Å². The maximum Gasteiger partial charge on any atom is 0.137 e. The van der Waals surface area contributed by atoms with E-state index in [0.717, 1.165) is 43.9 Å². The summed E-state index contributed by atoms with van der Waals surface area (Å²) in [6.45, 7) is 5.44. The van der Waals surface area contributed by atoms with Crippen LogP contribution in [0, 0.1) is 5.41 Å². The molecule has 0 saturated carbocycles. The SMILES string of the molecule is Cn1ccnc1C1CC(NC2CC(C)(C)Cc3occc32)CCO1. The Kier molecular flexibility index (Phi) is 4.01. The average molecular weight is 329 g/mol. The third-order valence-corrected chi connectivity index (χ3v) is 5.42. The first kappa shape index (κ1) is 15.9. The maximum atomic E-state index is 5.98. The van der Waals surface area contributed by atoms with E-state index in [1.165, 1.54) is 5.56 Å². The third kappa shape index (κ3) is 3.03. The summed E-state index contributed by atoms with van der Waals surface area (Å²) in [5, 5.41) is 3.89. The van der Waals surface area contributed by atoms with Crippen LogP contribution in [0.25, 0.3) is 0 Å². The largest absolute Gasteiger partial charge is 0.469 e. The first-order chi connectivity index (χ1) is 11.5. The number of nitrogens with zero attached hydrogens (tertiary/aromatic N) is 2. The summed E-state index contributed by atoms with van der Waals surface area (Å²) in [6, 6.07) is 2.95. The van der Waals surface area contributed by atoms with Crippen LogP contribution in [-0.4, -0.2) is 22.2 Å². The van der Waals surface area contributed by atoms with Gasteiger partial charge in [0, 0.05) is 50.1 Å². The Balaban J connectivity index is 1.48. The van der Waals surface area contributed by atoms with Gasteiger partial charge in [-0.3, -0.25) is 0 Å². The van der Waals surface area contributed by atoms with Crippen molar-refractivity contribution in [3.8, 4) is 0 Å². The molecule has 3 heterocycles. The number of furan rings is 1. The van der Waals surface area contributed by atoms with Crippen molar-refractivity contribution in [2.24, 2.45) is 12.5 Å². The quantitative estimate of drug-likeness (QED) is 0.936. The molecule has 0 radical (unpaired) electrons. The minimum absolute atomic E-state index is 0.0803.